The summed E-state index contributed by atoms with van der Waals surface area (Å²) in [6, 6.07) is 20.4. The van der Waals surface area contributed by atoms with Gasteiger partial charge in [-0.15, -0.1) is 11.3 Å². The summed E-state index contributed by atoms with van der Waals surface area (Å²) >= 11 is 1.41. The van der Waals surface area contributed by atoms with Crippen LogP contribution >= 0.6 is 11.3 Å². The summed E-state index contributed by atoms with van der Waals surface area (Å²) in [7, 11) is 0. The van der Waals surface area contributed by atoms with Crippen LogP contribution in [0.3, 0.4) is 0 Å². The minimum absolute atomic E-state index is 0.00700. The maximum Gasteiger partial charge on any atom is 0.224 e. The SMILES string of the molecule is CCOc1ccc(CC(=O)NCc2ccc(C(=O)c3ccccc3)s2)cc1. The van der Waals surface area contributed by atoms with E-state index in [1.807, 2.05) is 61.5 Å². The molecule has 0 atom stereocenters. The van der Waals surface area contributed by atoms with Gasteiger partial charge in [0.2, 0.25) is 11.7 Å². The maximum atomic E-state index is 12.4. The highest BCUT2D eigenvalue weighted by atomic mass is 32.1. The Hall–Kier alpha value is -2.92. The molecule has 0 aliphatic heterocycles. The predicted molar refractivity (Wildman–Crippen MR) is 107 cm³/mol. The van der Waals surface area contributed by atoms with E-state index in [0.717, 1.165) is 16.2 Å². The summed E-state index contributed by atoms with van der Waals surface area (Å²) in [4.78, 5) is 26.2. The van der Waals surface area contributed by atoms with Crippen molar-refractivity contribution in [3.05, 3.63) is 87.6 Å². The van der Waals surface area contributed by atoms with E-state index in [4.69, 9.17) is 4.74 Å². The standard InChI is InChI=1S/C22H21NO3S/c1-2-26-18-10-8-16(9-11-18)14-21(24)23-15-19-12-13-20(27-19)22(25)17-6-4-3-5-7-17/h3-13H,2,14-15H2,1H3,(H,23,24). The summed E-state index contributed by atoms with van der Waals surface area (Å²) in [5, 5.41) is 2.91. The molecule has 4 nitrogen and oxygen atoms in total. The van der Waals surface area contributed by atoms with Crippen molar-refractivity contribution in [1.29, 1.82) is 0 Å². The number of carbonyl (C=O) groups excluding carboxylic acids is 2. The largest absolute Gasteiger partial charge is 0.494 e. The topological polar surface area (TPSA) is 55.4 Å². The van der Waals surface area contributed by atoms with Crippen LogP contribution in [-0.2, 0) is 17.8 Å². The highest BCUT2D eigenvalue weighted by Gasteiger charge is 2.12. The van der Waals surface area contributed by atoms with Gasteiger partial charge >= 0.3 is 0 Å². The first kappa shape index (κ1) is 18.9. The molecule has 0 bridgehead atoms. The van der Waals surface area contributed by atoms with Crippen LogP contribution in [0.1, 0.15) is 32.6 Å². The Balaban J connectivity index is 1.52. The van der Waals surface area contributed by atoms with Gasteiger partial charge in [0.1, 0.15) is 5.75 Å². The molecule has 1 amide bonds. The average Bonchev–Trinajstić information content (AvgIpc) is 3.17. The van der Waals surface area contributed by atoms with Gasteiger partial charge in [-0.25, -0.2) is 0 Å². The maximum absolute atomic E-state index is 12.4. The molecule has 0 aliphatic carbocycles. The van der Waals surface area contributed by atoms with Gasteiger partial charge in [-0.05, 0) is 36.8 Å². The number of benzene rings is 2. The van der Waals surface area contributed by atoms with Crippen molar-refractivity contribution in [1.82, 2.24) is 5.32 Å². The fraction of sp³-hybridized carbons (Fsp3) is 0.182. The quantitative estimate of drug-likeness (QED) is 0.596. The van der Waals surface area contributed by atoms with E-state index in [2.05, 4.69) is 5.32 Å². The number of amides is 1. The third-order valence-corrected chi connectivity index (χ3v) is 5.06. The lowest BCUT2D eigenvalue weighted by Crippen LogP contribution is -2.24. The monoisotopic (exact) mass is 379 g/mol. The zero-order valence-electron chi connectivity index (χ0n) is 15.1. The van der Waals surface area contributed by atoms with E-state index in [9.17, 15) is 9.59 Å². The number of nitrogens with one attached hydrogen (secondary N) is 1. The molecule has 0 saturated heterocycles. The van der Waals surface area contributed by atoms with Crippen molar-refractivity contribution in [2.75, 3.05) is 6.61 Å². The van der Waals surface area contributed by atoms with Gasteiger partial charge < -0.3 is 10.1 Å². The molecule has 0 saturated carbocycles. The van der Waals surface area contributed by atoms with E-state index in [0.29, 0.717) is 30.0 Å². The minimum atomic E-state index is -0.0523. The van der Waals surface area contributed by atoms with Gasteiger partial charge in [0.05, 0.1) is 24.4 Å². The zero-order valence-corrected chi connectivity index (χ0v) is 15.9. The Morgan fingerprint density at radius 2 is 1.70 bits per heavy atom. The Kier molecular flexibility index (Phi) is 6.39. The molecule has 1 N–H and O–H groups in total. The predicted octanol–water partition coefficient (Wildman–Crippen LogP) is 4.24. The van der Waals surface area contributed by atoms with E-state index in [1.54, 1.807) is 12.1 Å². The van der Waals surface area contributed by atoms with E-state index >= 15 is 0 Å². The number of ketones is 1. The molecular formula is C22H21NO3S. The molecule has 0 spiro atoms. The summed E-state index contributed by atoms with van der Waals surface area (Å²) in [5.74, 6) is 0.756. The van der Waals surface area contributed by atoms with Crippen LogP contribution in [0.25, 0.3) is 0 Å². The fourth-order valence-corrected chi connectivity index (χ4v) is 3.54. The van der Waals surface area contributed by atoms with Crippen LogP contribution in [0, 0.1) is 0 Å². The van der Waals surface area contributed by atoms with Crippen LogP contribution in [0.2, 0.25) is 0 Å². The van der Waals surface area contributed by atoms with Crippen molar-refractivity contribution in [2.24, 2.45) is 0 Å². The highest BCUT2D eigenvalue weighted by molar-refractivity contribution is 7.14. The molecule has 5 heteroatoms. The number of ether oxygens (including phenoxy) is 1. The number of carbonyl (C=O) groups is 2. The van der Waals surface area contributed by atoms with Crippen molar-refractivity contribution in [3.63, 3.8) is 0 Å². The van der Waals surface area contributed by atoms with Gasteiger partial charge in [-0.1, -0.05) is 42.5 Å². The third kappa shape index (κ3) is 5.28. The zero-order chi connectivity index (χ0) is 19.1. The summed E-state index contributed by atoms with van der Waals surface area (Å²) in [5.41, 5.74) is 1.60. The fourth-order valence-electron chi connectivity index (χ4n) is 2.63. The lowest BCUT2D eigenvalue weighted by molar-refractivity contribution is -0.120. The third-order valence-electron chi connectivity index (χ3n) is 3.98. The highest BCUT2D eigenvalue weighted by Crippen LogP contribution is 2.20. The lowest BCUT2D eigenvalue weighted by Gasteiger charge is -2.06. The molecular weight excluding hydrogens is 358 g/mol. The van der Waals surface area contributed by atoms with Crippen molar-refractivity contribution in [3.8, 4) is 5.75 Å². The molecule has 2 aromatic carbocycles. The second-order valence-corrected chi connectivity index (χ2v) is 7.16. The Morgan fingerprint density at radius 1 is 0.963 bits per heavy atom. The number of rotatable bonds is 8. The van der Waals surface area contributed by atoms with Crippen LogP contribution in [-0.4, -0.2) is 18.3 Å². The van der Waals surface area contributed by atoms with Gasteiger partial charge in [0, 0.05) is 10.4 Å². The van der Waals surface area contributed by atoms with E-state index < -0.39 is 0 Å². The van der Waals surface area contributed by atoms with Gasteiger partial charge in [-0.2, -0.15) is 0 Å². The molecule has 0 radical (unpaired) electrons. The molecule has 1 aromatic heterocycles. The molecule has 1 heterocycles. The Labute approximate surface area is 162 Å². The first-order chi connectivity index (χ1) is 13.2. The van der Waals surface area contributed by atoms with Gasteiger partial charge in [0.15, 0.2) is 0 Å². The number of thiophene rings is 1. The number of hydrogen-bond donors (Lipinski definition) is 1. The summed E-state index contributed by atoms with van der Waals surface area (Å²) in [6.07, 6.45) is 0.313. The average molecular weight is 379 g/mol. The van der Waals surface area contributed by atoms with Gasteiger partial charge in [-0.3, -0.25) is 9.59 Å². The van der Waals surface area contributed by atoms with Crippen LogP contribution < -0.4 is 10.1 Å². The first-order valence-electron chi connectivity index (χ1n) is 8.82. The van der Waals surface area contributed by atoms with Crippen LogP contribution in [0.15, 0.2) is 66.7 Å². The van der Waals surface area contributed by atoms with Crippen molar-refractivity contribution in [2.45, 2.75) is 19.9 Å². The molecule has 3 rings (SSSR count). The second-order valence-electron chi connectivity index (χ2n) is 5.99. The minimum Gasteiger partial charge on any atom is -0.494 e. The molecule has 138 valence electrons. The lowest BCUT2D eigenvalue weighted by atomic mass is 10.1. The molecule has 0 unspecified atom stereocenters. The summed E-state index contributed by atoms with van der Waals surface area (Å²) < 4.78 is 5.40. The smallest absolute Gasteiger partial charge is 0.224 e. The second kappa shape index (κ2) is 9.14. The molecule has 3 aromatic rings. The van der Waals surface area contributed by atoms with Gasteiger partial charge in [0.25, 0.3) is 0 Å². The van der Waals surface area contributed by atoms with E-state index in [1.165, 1.54) is 11.3 Å². The summed E-state index contributed by atoms with van der Waals surface area (Å²) in [6.45, 7) is 2.97. The molecule has 27 heavy (non-hydrogen) atoms. The normalized spacial score (nSPS) is 10.4. The van der Waals surface area contributed by atoms with Crippen LogP contribution in [0.5, 0.6) is 5.75 Å². The van der Waals surface area contributed by atoms with Crippen molar-refractivity contribution >= 4 is 23.0 Å². The number of hydrogen-bond acceptors (Lipinski definition) is 4. The first-order valence-corrected chi connectivity index (χ1v) is 9.64. The van der Waals surface area contributed by atoms with Crippen LogP contribution in [0.4, 0.5) is 0 Å². The Morgan fingerprint density at radius 3 is 2.41 bits per heavy atom. The molecule has 0 aliphatic rings. The Bertz CT molecular complexity index is 901. The van der Waals surface area contributed by atoms with Crippen molar-refractivity contribution < 1.29 is 14.3 Å². The van der Waals surface area contributed by atoms with E-state index in [-0.39, 0.29) is 11.7 Å². The molecule has 0 fully saturated rings.